The van der Waals surface area contributed by atoms with Crippen LogP contribution in [-0.2, 0) is 6.54 Å². The molecule has 1 aliphatic rings. The number of hydrogen-bond donors (Lipinski definition) is 2. The van der Waals surface area contributed by atoms with Gasteiger partial charge in [0, 0.05) is 30.9 Å². The summed E-state index contributed by atoms with van der Waals surface area (Å²) in [7, 11) is 0. The third-order valence-corrected chi connectivity index (χ3v) is 3.72. The van der Waals surface area contributed by atoms with Crippen molar-refractivity contribution in [2.24, 2.45) is 5.73 Å². The summed E-state index contributed by atoms with van der Waals surface area (Å²) >= 11 is 0. The highest BCUT2D eigenvalue weighted by Gasteiger charge is 2.23. The Hall–Kier alpha value is -2.34. The first-order valence-electron chi connectivity index (χ1n) is 6.92. The summed E-state index contributed by atoms with van der Waals surface area (Å²) in [5.74, 6) is 0.777. The number of fused-ring (bicyclic) bond motifs is 1. The Bertz CT molecular complexity index is 673. The van der Waals surface area contributed by atoms with Gasteiger partial charge in [0.05, 0.1) is 5.69 Å². The zero-order valence-electron chi connectivity index (χ0n) is 12.1. The average Bonchev–Trinajstić information content (AvgIpc) is 2.79. The van der Waals surface area contributed by atoms with Crippen LogP contribution in [0.25, 0.3) is 11.1 Å². The lowest BCUT2D eigenvalue weighted by molar-refractivity contribution is 0.208. The maximum atomic E-state index is 12.0. The van der Waals surface area contributed by atoms with Gasteiger partial charge in [-0.3, -0.25) is 0 Å². The van der Waals surface area contributed by atoms with E-state index in [1.807, 2.05) is 32.0 Å². The van der Waals surface area contributed by atoms with Crippen molar-refractivity contribution in [1.29, 1.82) is 0 Å². The standard InChI is InChI=1S/C15H18N4O2/c1-9-14(10(2)21-18-9)11-3-4-12-8-19(6-5-16)15(20)17-13(12)7-11/h3-4,7H,5-6,8,16H2,1-2H3,(H,17,20). The minimum atomic E-state index is -0.108. The molecule has 2 amide bonds. The number of carbonyl (C=O) groups excluding carboxylic acids is 1. The number of urea groups is 1. The molecule has 1 aromatic heterocycles. The van der Waals surface area contributed by atoms with Gasteiger partial charge in [-0.05, 0) is 31.0 Å². The first kappa shape index (κ1) is 13.6. The summed E-state index contributed by atoms with van der Waals surface area (Å²) in [5, 5.41) is 6.89. The molecule has 2 heterocycles. The van der Waals surface area contributed by atoms with Gasteiger partial charge in [-0.2, -0.15) is 0 Å². The van der Waals surface area contributed by atoms with Gasteiger partial charge in [0.1, 0.15) is 5.76 Å². The van der Waals surface area contributed by atoms with Crippen LogP contribution >= 0.6 is 0 Å². The molecule has 3 N–H and O–H groups in total. The van der Waals surface area contributed by atoms with Crippen molar-refractivity contribution in [2.75, 3.05) is 18.4 Å². The number of nitrogens with two attached hydrogens (primary N) is 1. The number of carbonyl (C=O) groups is 1. The van der Waals surface area contributed by atoms with Crippen LogP contribution in [0.3, 0.4) is 0 Å². The molecule has 6 nitrogen and oxygen atoms in total. The molecule has 1 aromatic carbocycles. The highest BCUT2D eigenvalue weighted by Crippen LogP contribution is 2.32. The molecule has 0 saturated carbocycles. The summed E-state index contributed by atoms with van der Waals surface area (Å²) in [6.45, 7) is 5.39. The number of anilines is 1. The normalized spacial score (nSPS) is 14.0. The molecule has 0 spiro atoms. The van der Waals surface area contributed by atoms with Crippen molar-refractivity contribution >= 4 is 11.7 Å². The monoisotopic (exact) mass is 286 g/mol. The second-order valence-electron chi connectivity index (χ2n) is 5.21. The molecule has 0 bridgehead atoms. The van der Waals surface area contributed by atoms with Gasteiger partial charge in [-0.1, -0.05) is 17.3 Å². The highest BCUT2D eigenvalue weighted by molar-refractivity contribution is 5.93. The summed E-state index contributed by atoms with van der Waals surface area (Å²) < 4.78 is 5.20. The van der Waals surface area contributed by atoms with Crippen LogP contribution in [0.1, 0.15) is 17.0 Å². The molecule has 0 aliphatic carbocycles. The summed E-state index contributed by atoms with van der Waals surface area (Å²) in [6.07, 6.45) is 0. The second kappa shape index (κ2) is 5.21. The lowest BCUT2D eigenvalue weighted by Crippen LogP contribution is -2.41. The summed E-state index contributed by atoms with van der Waals surface area (Å²) in [4.78, 5) is 13.7. The number of amides is 2. The molecule has 2 aromatic rings. The van der Waals surface area contributed by atoms with Gasteiger partial charge in [0.2, 0.25) is 0 Å². The van der Waals surface area contributed by atoms with Gasteiger partial charge in [0.25, 0.3) is 0 Å². The van der Waals surface area contributed by atoms with Crippen LogP contribution in [-0.4, -0.2) is 29.2 Å². The third kappa shape index (κ3) is 2.38. The third-order valence-electron chi connectivity index (χ3n) is 3.72. The fourth-order valence-electron chi connectivity index (χ4n) is 2.69. The predicted octanol–water partition coefficient (Wildman–Crippen LogP) is 2.26. The lowest BCUT2D eigenvalue weighted by atomic mass is 10.00. The van der Waals surface area contributed by atoms with Gasteiger partial charge >= 0.3 is 6.03 Å². The zero-order chi connectivity index (χ0) is 15.0. The average molecular weight is 286 g/mol. The molecule has 0 radical (unpaired) electrons. The molecule has 3 rings (SSSR count). The summed E-state index contributed by atoms with van der Waals surface area (Å²) in [6, 6.07) is 5.92. The lowest BCUT2D eigenvalue weighted by Gasteiger charge is -2.29. The van der Waals surface area contributed by atoms with E-state index in [1.54, 1.807) is 4.90 Å². The Morgan fingerprint density at radius 1 is 1.43 bits per heavy atom. The number of aryl methyl sites for hydroxylation is 2. The second-order valence-corrected chi connectivity index (χ2v) is 5.21. The number of nitrogens with zero attached hydrogens (tertiary/aromatic N) is 2. The van der Waals surface area contributed by atoms with E-state index in [1.165, 1.54) is 0 Å². The van der Waals surface area contributed by atoms with Crippen LogP contribution in [0.5, 0.6) is 0 Å². The fraction of sp³-hybridized carbons (Fsp3) is 0.333. The molecule has 0 unspecified atom stereocenters. The van der Waals surface area contributed by atoms with Crippen molar-refractivity contribution < 1.29 is 9.32 Å². The Morgan fingerprint density at radius 2 is 2.24 bits per heavy atom. The van der Waals surface area contributed by atoms with E-state index in [9.17, 15) is 4.79 Å². The number of nitrogens with one attached hydrogen (secondary N) is 1. The van der Waals surface area contributed by atoms with E-state index >= 15 is 0 Å². The van der Waals surface area contributed by atoms with Crippen LogP contribution in [0, 0.1) is 13.8 Å². The predicted molar refractivity (Wildman–Crippen MR) is 79.9 cm³/mol. The van der Waals surface area contributed by atoms with E-state index < -0.39 is 0 Å². The van der Waals surface area contributed by atoms with Gasteiger partial charge in [-0.15, -0.1) is 0 Å². The molecule has 0 saturated heterocycles. The van der Waals surface area contributed by atoms with Crippen LogP contribution in [0.2, 0.25) is 0 Å². The first-order valence-corrected chi connectivity index (χ1v) is 6.92. The minimum absolute atomic E-state index is 0.108. The molecular formula is C15H18N4O2. The van der Waals surface area contributed by atoms with Crippen LogP contribution < -0.4 is 11.1 Å². The summed E-state index contributed by atoms with van der Waals surface area (Å²) in [5.41, 5.74) is 10.3. The zero-order valence-corrected chi connectivity index (χ0v) is 12.1. The molecule has 1 aliphatic heterocycles. The van der Waals surface area contributed by atoms with Crippen LogP contribution in [0.15, 0.2) is 22.7 Å². The maximum Gasteiger partial charge on any atom is 0.322 e. The fourth-order valence-corrected chi connectivity index (χ4v) is 2.69. The molecule has 0 fully saturated rings. The Labute approximate surface area is 122 Å². The van der Waals surface area contributed by atoms with E-state index in [0.29, 0.717) is 19.6 Å². The van der Waals surface area contributed by atoms with Gasteiger partial charge in [-0.25, -0.2) is 4.79 Å². The van der Waals surface area contributed by atoms with Crippen molar-refractivity contribution in [3.63, 3.8) is 0 Å². The number of aromatic nitrogens is 1. The number of benzene rings is 1. The van der Waals surface area contributed by atoms with E-state index in [2.05, 4.69) is 10.5 Å². The van der Waals surface area contributed by atoms with E-state index in [-0.39, 0.29) is 6.03 Å². The Morgan fingerprint density at radius 3 is 2.90 bits per heavy atom. The quantitative estimate of drug-likeness (QED) is 0.906. The topological polar surface area (TPSA) is 84.4 Å². The van der Waals surface area contributed by atoms with Crippen molar-refractivity contribution in [2.45, 2.75) is 20.4 Å². The van der Waals surface area contributed by atoms with Crippen molar-refractivity contribution in [3.05, 3.63) is 35.2 Å². The minimum Gasteiger partial charge on any atom is -0.361 e. The van der Waals surface area contributed by atoms with Crippen LogP contribution in [0.4, 0.5) is 10.5 Å². The van der Waals surface area contributed by atoms with Gasteiger partial charge < -0.3 is 20.5 Å². The molecular weight excluding hydrogens is 268 g/mol. The van der Waals surface area contributed by atoms with Gasteiger partial charge in [0.15, 0.2) is 0 Å². The Kier molecular flexibility index (Phi) is 3.39. The Balaban J connectivity index is 1.97. The number of hydrogen-bond acceptors (Lipinski definition) is 4. The molecule has 21 heavy (non-hydrogen) atoms. The van der Waals surface area contributed by atoms with Crippen molar-refractivity contribution in [1.82, 2.24) is 10.1 Å². The largest absolute Gasteiger partial charge is 0.361 e. The first-order chi connectivity index (χ1) is 10.1. The molecule has 6 heteroatoms. The molecule has 0 atom stereocenters. The maximum absolute atomic E-state index is 12.0. The smallest absolute Gasteiger partial charge is 0.322 e. The SMILES string of the molecule is Cc1noc(C)c1-c1ccc2c(c1)NC(=O)N(CCN)C2. The molecule has 110 valence electrons. The van der Waals surface area contributed by atoms with Crippen molar-refractivity contribution in [3.8, 4) is 11.1 Å². The van der Waals surface area contributed by atoms with E-state index in [4.69, 9.17) is 10.3 Å². The number of rotatable bonds is 3. The van der Waals surface area contributed by atoms with E-state index in [0.717, 1.165) is 33.8 Å². The highest BCUT2D eigenvalue weighted by atomic mass is 16.5.